The fraction of sp³-hybridized carbons (Fsp3) is 0.869. The number of carbonyl (C=O) groups is 2. The van der Waals surface area contributed by atoms with E-state index in [-0.39, 0.29) is 31.5 Å². The standard InChI is InChI=1S/C61H117N2O7P/c1-7-10-13-16-19-22-25-28-30-31-32-33-34-35-38-41-44-47-50-53-60(64)62-58(57-69-71(66,67)68-56-55-63(4,5)6)59(52-49-46-43-40-37-27-24-21-18-15-12-9-3)70-61(65)54-51-48-45-42-39-36-29-26-23-20-17-14-11-8-2/h28,30,36,39,49,52,58-59H,7-27,29,31-35,37-38,40-48,50-51,53-57H2,1-6H3,(H-,62,64,66,67)/p+1/b30-28+,39-36-,52-49-. The lowest BCUT2D eigenvalue weighted by Gasteiger charge is -2.27. The molecule has 0 aromatic carbocycles. The molecule has 0 heterocycles. The molecule has 0 aromatic rings. The van der Waals surface area contributed by atoms with Crippen molar-refractivity contribution in [3.05, 3.63) is 36.5 Å². The van der Waals surface area contributed by atoms with Gasteiger partial charge in [0, 0.05) is 12.8 Å². The predicted octanol–water partition coefficient (Wildman–Crippen LogP) is 18.3. The van der Waals surface area contributed by atoms with Crippen molar-refractivity contribution >= 4 is 19.7 Å². The average molecular weight is 1020 g/mol. The summed E-state index contributed by atoms with van der Waals surface area (Å²) in [4.78, 5) is 37.6. The van der Waals surface area contributed by atoms with Crippen LogP contribution >= 0.6 is 7.82 Å². The van der Waals surface area contributed by atoms with E-state index in [1.54, 1.807) is 0 Å². The SMILES string of the molecule is CCCCCCCC/C=C/CCCCCCCCCCCC(=O)NC(COP(=O)(O)OCC[N+](C)(C)C)C(/C=C\CCCCCCCCCCCC)OC(=O)CCCCC/C=C\CCCCCCCCC. The van der Waals surface area contributed by atoms with Crippen LogP contribution in [0.3, 0.4) is 0 Å². The lowest BCUT2D eigenvalue weighted by atomic mass is 10.0. The number of carbonyl (C=O) groups excluding carboxylic acids is 2. The van der Waals surface area contributed by atoms with Crippen LogP contribution in [0.2, 0.25) is 0 Å². The smallest absolute Gasteiger partial charge is 0.456 e. The molecule has 0 spiro atoms. The monoisotopic (exact) mass is 1020 g/mol. The van der Waals surface area contributed by atoms with E-state index in [9.17, 15) is 19.0 Å². The van der Waals surface area contributed by atoms with Gasteiger partial charge >= 0.3 is 13.8 Å². The van der Waals surface area contributed by atoms with Gasteiger partial charge in [-0.2, -0.15) is 0 Å². The lowest BCUT2D eigenvalue weighted by Crippen LogP contribution is -2.47. The molecular formula is C61H118N2O7P+. The van der Waals surface area contributed by atoms with Crippen LogP contribution < -0.4 is 5.32 Å². The van der Waals surface area contributed by atoms with E-state index in [1.165, 1.54) is 186 Å². The van der Waals surface area contributed by atoms with Gasteiger partial charge in [0.2, 0.25) is 5.91 Å². The number of quaternary nitrogens is 1. The first-order valence-electron chi connectivity index (χ1n) is 30.3. The molecule has 0 saturated carbocycles. The summed E-state index contributed by atoms with van der Waals surface area (Å²) < 4.78 is 30.6. The van der Waals surface area contributed by atoms with Crippen LogP contribution in [-0.4, -0.2) is 74.3 Å². The van der Waals surface area contributed by atoms with Gasteiger partial charge in [0.15, 0.2) is 0 Å². The molecule has 71 heavy (non-hydrogen) atoms. The molecule has 0 rings (SSSR count). The third kappa shape index (κ3) is 52.9. The second kappa shape index (κ2) is 51.7. The molecule has 0 saturated heterocycles. The van der Waals surface area contributed by atoms with Gasteiger partial charge in [-0.25, -0.2) is 4.57 Å². The molecule has 418 valence electrons. The minimum absolute atomic E-state index is 0.0391. The molecule has 0 bridgehead atoms. The highest BCUT2D eigenvalue weighted by atomic mass is 31.2. The molecule has 1 amide bonds. The minimum atomic E-state index is -4.45. The van der Waals surface area contributed by atoms with Crippen molar-refractivity contribution in [1.29, 1.82) is 0 Å². The van der Waals surface area contributed by atoms with Crippen molar-refractivity contribution in [3.63, 3.8) is 0 Å². The van der Waals surface area contributed by atoms with Gasteiger partial charge < -0.3 is 19.4 Å². The molecule has 0 aromatic heterocycles. The topological polar surface area (TPSA) is 111 Å². The zero-order valence-corrected chi connectivity index (χ0v) is 48.6. The van der Waals surface area contributed by atoms with Crippen molar-refractivity contribution in [2.45, 2.75) is 303 Å². The Kier molecular flexibility index (Phi) is 50.4. The Labute approximate surface area is 440 Å². The van der Waals surface area contributed by atoms with Gasteiger partial charge in [-0.3, -0.25) is 18.6 Å². The van der Waals surface area contributed by atoms with E-state index in [2.05, 4.69) is 50.4 Å². The van der Waals surface area contributed by atoms with Crippen molar-refractivity contribution in [2.24, 2.45) is 0 Å². The molecule has 0 radical (unpaired) electrons. The molecular weight excluding hydrogens is 904 g/mol. The molecule has 0 fully saturated rings. The molecule has 3 unspecified atom stereocenters. The number of amides is 1. The van der Waals surface area contributed by atoms with Gasteiger partial charge in [0.25, 0.3) is 0 Å². The fourth-order valence-corrected chi connectivity index (χ4v) is 9.55. The van der Waals surface area contributed by atoms with Gasteiger partial charge in [0.05, 0.1) is 33.8 Å². The maximum Gasteiger partial charge on any atom is 0.472 e. The normalized spacial score (nSPS) is 14.0. The molecule has 2 N–H and O–H groups in total. The number of phosphoric ester groups is 1. The Morgan fingerprint density at radius 2 is 0.817 bits per heavy atom. The lowest BCUT2D eigenvalue weighted by molar-refractivity contribution is -0.870. The minimum Gasteiger partial charge on any atom is -0.456 e. The van der Waals surface area contributed by atoms with Crippen LogP contribution in [-0.2, 0) is 27.9 Å². The maximum atomic E-state index is 13.5. The first kappa shape index (κ1) is 69.2. The second-order valence-corrected chi connectivity index (χ2v) is 23.3. The first-order valence-corrected chi connectivity index (χ1v) is 31.8. The van der Waals surface area contributed by atoms with Crippen LogP contribution in [0.4, 0.5) is 0 Å². The number of nitrogens with one attached hydrogen (secondary N) is 1. The highest BCUT2D eigenvalue weighted by Crippen LogP contribution is 2.43. The zero-order chi connectivity index (χ0) is 52.2. The summed E-state index contributed by atoms with van der Waals surface area (Å²) in [6.07, 6.45) is 61.4. The molecule has 9 nitrogen and oxygen atoms in total. The largest absolute Gasteiger partial charge is 0.472 e. The summed E-state index contributed by atoms with van der Waals surface area (Å²) in [5.41, 5.74) is 0. The van der Waals surface area contributed by atoms with Crippen LogP contribution in [0.15, 0.2) is 36.5 Å². The number of esters is 1. The number of phosphoric acid groups is 1. The van der Waals surface area contributed by atoms with E-state index >= 15 is 0 Å². The van der Waals surface area contributed by atoms with Crippen molar-refractivity contribution in [2.75, 3.05) is 40.9 Å². The molecule has 3 atom stereocenters. The van der Waals surface area contributed by atoms with Crippen LogP contribution in [0.1, 0.15) is 290 Å². The van der Waals surface area contributed by atoms with E-state index in [1.807, 2.05) is 33.3 Å². The molecule has 0 aliphatic rings. The maximum absolute atomic E-state index is 13.5. The third-order valence-electron chi connectivity index (χ3n) is 13.6. The van der Waals surface area contributed by atoms with Gasteiger partial charge in [-0.1, -0.05) is 231 Å². The quantitative estimate of drug-likeness (QED) is 0.0205. The van der Waals surface area contributed by atoms with Gasteiger partial charge in [0.1, 0.15) is 19.3 Å². The number of unbranched alkanes of at least 4 members (excludes halogenated alkanes) is 35. The zero-order valence-electron chi connectivity index (χ0n) is 47.7. The van der Waals surface area contributed by atoms with Crippen molar-refractivity contribution in [1.82, 2.24) is 5.32 Å². The number of hydrogen-bond acceptors (Lipinski definition) is 6. The van der Waals surface area contributed by atoms with Gasteiger partial charge in [-0.15, -0.1) is 0 Å². The third-order valence-corrected chi connectivity index (χ3v) is 14.5. The predicted molar refractivity (Wildman–Crippen MR) is 305 cm³/mol. The van der Waals surface area contributed by atoms with Gasteiger partial charge in [-0.05, 0) is 83.1 Å². The Morgan fingerprint density at radius 1 is 0.479 bits per heavy atom. The molecule has 10 heteroatoms. The number of rotatable bonds is 55. The van der Waals surface area contributed by atoms with Crippen LogP contribution in [0, 0.1) is 0 Å². The Balaban J connectivity index is 5.27. The number of likely N-dealkylation sites (N-methyl/N-ethyl adjacent to an activating group) is 1. The molecule has 0 aliphatic heterocycles. The summed E-state index contributed by atoms with van der Waals surface area (Å²) >= 11 is 0. The van der Waals surface area contributed by atoms with E-state index in [0.717, 1.165) is 70.6 Å². The number of allylic oxidation sites excluding steroid dienone is 5. The van der Waals surface area contributed by atoms with Crippen molar-refractivity contribution < 1.29 is 37.3 Å². The van der Waals surface area contributed by atoms with Crippen LogP contribution in [0.25, 0.3) is 0 Å². The Hall–Kier alpha value is -1.77. The Bertz CT molecular complexity index is 1310. The highest BCUT2D eigenvalue weighted by molar-refractivity contribution is 7.47. The average Bonchev–Trinajstić information content (AvgIpc) is 3.33. The summed E-state index contributed by atoms with van der Waals surface area (Å²) in [6.45, 7) is 7.01. The number of ether oxygens (including phenoxy) is 1. The Morgan fingerprint density at radius 3 is 1.21 bits per heavy atom. The summed E-state index contributed by atoms with van der Waals surface area (Å²) in [5, 5.41) is 3.05. The second-order valence-electron chi connectivity index (χ2n) is 21.9. The van der Waals surface area contributed by atoms with E-state index in [0.29, 0.717) is 17.4 Å². The van der Waals surface area contributed by atoms with E-state index < -0.39 is 20.0 Å². The fourth-order valence-electron chi connectivity index (χ4n) is 8.81. The summed E-state index contributed by atoms with van der Waals surface area (Å²) in [5.74, 6) is -0.517. The highest BCUT2D eigenvalue weighted by Gasteiger charge is 2.30. The first-order chi connectivity index (χ1) is 34.4. The number of nitrogens with zero attached hydrogens (tertiary/aromatic N) is 1. The summed E-state index contributed by atoms with van der Waals surface area (Å²) in [6, 6.07) is -0.852. The number of hydrogen-bond donors (Lipinski definition) is 2. The molecule has 0 aliphatic carbocycles. The summed E-state index contributed by atoms with van der Waals surface area (Å²) in [7, 11) is 1.49. The van der Waals surface area contributed by atoms with Crippen molar-refractivity contribution in [3.8, 4) is 0 Å². The van der Waals surface area contributed by atoms with E-state index in [4.69, 9.17) is 13.8 Å². The van der Waals surface area contributed by atoms with Crippen LogP contribution in [0.5, 0.6) is 0 Å².